The Morgan fingerprint density at radius 1 is 1.12 bits per heavy atom. The van der Waals surface area contributed by atoms with Gasteiger partial charge in [0.25, 0.3) is 0 Å². The molecule has 0 aliphatic carbocycles. The molecule has 5 nitrogen and oxygen atoms in total. The molecule has 1 aliphatic heterocycles. The molecule has 2 aromatic carbocycles. The molecule has 2 N–H and O–H groups in total. The minimum Gasteiger partial charge on any atom is -0.454 e. The van der Waals surface area contributed by atoms with Crippen LogP contribution in [0.2, 0.25) is 0 Å². The molecule has 2 aromatic rings. The van der Waals surface area contributed by atoms with E-state index in [1.54, 1.807) is 7.05 Å². The molecule has 126 valence electrons. The number of nitrogens with one attached hydrogen (secondary N) is 2. The van der Waals surface area contributed by atoms with Gasteiger partial charge in [0.05, 0.1) is 4.47 Å². The lowest BCUT2D eigenvalue weighted by Crippen LogP contribution is -2.37. The van der Waals surface area contributed by atoms with Gasteiger partial charge in [-0.3, -0.25) is 4.99 Å². The molecule has 6 heteroatoms. The van der Waals surface area contributed by atoms with E-state index in [0.29, 0.717) is 6.54 Å². The molecule has 0 amide bonds. The van der Waals surface area contributed by atoms with Crippen LogP contribution in [0.25, 0.3) is 0 Å². The van der Waals surface area contributed by atoms with Gasteiger partial charge in [0.2, 0.25) is 6.79 Å². The summed E-state index contributed by atoms with van der Waals surface area (Å²) < 4.78 is 11.7. The van der Waals surface area contributed by atoms with E-state index in [1.165, 1.54) is 5.56 Å². The number of rotatable bonds is 5. The monoisotopic (exact) mass is 389 g/mol. The molecule has 0 spiro atoms. The Hall–Kier alpha value is -2.21. The van der Waals surface area contributed by atoms with Gasteiger partial charge in [-0.2, -0.15) is 0 Å². The predicted molar refractivity (Wildman–Crippen MR) is 98.6 cm³/mol. The zero-order valence-corrected chi connectivity index (χ0v) is 15.1. The van der Waals surface area contributed by atoms with Crippen LogP contribution in [0.1, 0.15) is 11.1 Å². The Labute approximate surface area is 150 Å². The lowest BCUT2D eigenvalue weighted by atomic mass is 10.1. The maximum Gasteiger partial charge on any atom is 0.231 e. The molecule has 1 aliphatic rings. The number of ether oxygens (including phenoxy) is 2. The Morgan fingerprint density at radius 3 is 2.75 bits per heavy atom. The third-order valence-electron chi connectivity index (χ3n) is 3.72. The molecular formula is C18H20BrN3O2. The molecule has 0 bridgehead atoms. The first kappa shape index (κ1) is 16.6. The van der Waals surface area contributed by atoms with Crippen molar-refractivity contribution in [1.29, 1.82) is 0 Å². The van der Waals surface area contributed by atoms with E-state index >= 15 is 0 Å². The van der Waals surface area contributed by atoms with Crippen LogP contribution in [0.5, 0.6) is 11.5 Å². The molecule has 0 atom stereocenters. The molecule has 24 heavy (non-hydrogen) atoms. The summed E-state index contributed by atoms with van der Waals surface area (Å²) in [6.45, 7) is 1.75. The minimum absolute atomic E-state index is 0.271. The highest BCUT2D eigenvalue weighted by Crippen LogP contribution is 2.39. The average Bonchev–Trinajstić information content (AvgIpc) is 3.08. The molecule has 0 unspecified atom stereocenters. The maximum absolute atomic E-state index is 5.44. The Bertz CT molecular complexity index is 720. The fourth-order valence-corrected chi connectivity index (χ4v) is 3.10. The molecule has 0 aromatic heterocycles. The molecule has 3 rings (SSSR count). The van der Waals surface area contributed by atoms with Crippen molar-refractivity contribution >= 4 is 21.9 Å². The number of fused-ring (bicyclic) bond motifs is 1. The van der Waals surface area contributed by atoms with E-state index in [1.807, 2.05) is 18.2 Å². The first-order valence-corrected chi connectivity index (χ1v) is 8.62. The quantitative estimate of drug-likeness (QED) is 0.609. The lowest BCUT2D eigenvalue weighted by Gasteiger charge is -2.12. The second-order valence-corrected chi connectivity index (χ2v) is 6.25. The van der Waals surface area contributed by atoms with Gasteiger partial charge < -0.3 is 20.1 Å². The Kier molecular flexibility index (Phi) is 5.59. The van der Waals surface area contributed by atoms with Crippen molar-refractivity contribution in [3.8, 4) is 11.5 Å². The summed E-state index contributed by atoms with van der Waals surface area (Å²) in [5, 5.41) is 6.64. The van der Waals surface area contributed by atoms with E-state index in [2.05, 4.69) is 55.8 Å². The summed E-state index contributed by atoms with van der Waals surface area (Å²) in [7, 11) is 1.77. The van der Waals surface area contributed by atoms with E-state index < -0.39 is 0 Å². The zero-order chi connectivity index (χ0) is 16.8. The van der Waals surface area contributed by atoms with Crippen LogP contribution in [0.15, 0.2) is 51.9 Å². The Balaban J connectivity index is 1.50. The summed E-state index contributed by atoms with van der Waals surface area (Å²) >= 11 is 3.51. The van der Waals surface area contributed by atoms with Gasteiger partial charge in [-0.25, -0.2) is 0 Å². The zero-order valence-electron chi connectivity index (χ0n) is 13.5. The second kappa shape index (κ2) is 8.06. The summed E-state index contributed by atoms with van der Waals surface area (Å²) in [5.41, 5.74) is 2.40. The van der Waals surface area contributed by atoms with Gasteiger partial charge >= 0.3 is 0 Å². The van der Waals surface area contributed by atoms with Crippen LogP contribution >= 0.6 is 15.9 Å². The van der Waals surface area contributed by atoms with E-state index in [-0.39, 0.29) is 6.79 Å². The van der Waals surface area contributed by atoms with Crippen LogP contribution < -0.4 is 20.1 Å². The highest BCUT2D eigenvalue weighted by Gasteiger charge is 2.17. The van der Waals surface area contributed by atoms with Crippen LogP contribution in [0.3, 0.4) is 0 Å². The molecule has 0 saturated heterocycles. The smallest absolute Gasteiger partial charge is 0.231 e. The summed E-state index contributed by atoms with van der Waals surface area (Å²) in [6, 6.07) is 14.4. The van der Waals surface area contributed by atoms with Gasteiger partial charge in [-0.15, -0.1) is 0 Å². The van der Waals surface area contributed by atoms with E-state index in [9.17, 15) is 0 Å². The first-order chi connectivity index (χ1) is 11.8. The maximum atomic E-state index is 5.44. The van der Waals surface area contributed by atoms with Crippen molar-refractivity contribution in [3.63, 3.8) is 0 Å². The Morgan fingerprint density at radius 2 is 1.96 bits per heavy atom. The number of hydrogen-bond donors (Lipinski definition) is 2. The standard InChI is InChI=1S/C18H20BrN3O2/c1-20-18(21-8-7-13-5-3-2-4-6-13)22-11-14-9-15(19)17-16(10-14)23-12-24-17/h2-6,9-10H,7-8,11-12H2,1H3,(H2,20,21,22). The average molecular weight is 390 g/mol. The van der Waals surface area contributed by atoms with Gasteiger partial charge in [0, 0.05) is 20.1 Å². The summed E-state index contributed by atoms with van der Waals surface area (Å²) in [6.07, 6.45) is 0.955. The van der Waals surface area contributed by atoms with Crippen LogP contribution in [-0.4, -0.2) is 26.3 Å². The van der Waals surface area contributed by atoms with Crippen LogP contribution in [0.4, 0.5) is 0 Å². The number of guanidine groups is 1. The third kappa shape index (κ3) is 4.20. The fraction of sp³-hybridized carbons (Fsp3) is 0.278. The number of hydrogen-bond acceptors (Lipinski definition) is 3. The van der Waals surface area contributed by atoms with Crippen LogP contribution in [-0.2, 0) is 13.0 Å². The topological polar surface area (TPSA) is 54.9 Å². The van der Waals surface area contributed by atoms with Crippen molar-refractivity contribution in [3.05, 3.63) is 58.1 Å². The largest absolute Gasteiger partial charge is 0.454 e. The molecule has 0 fully saturated rings. The molecule has 0 radical (unpaired) electrons. The SMILES string of the molecule is CN=C(NCCc1ccccc1)NCc1cc(Br)c2c(c1)OCO2. The predicted octanol–water partition coefficient (Wildman–Crippen LogP) is 3.09. The highest BCUT2D eigenvalue weighted by molar-refractivity contribution is 9.10. The van der Waals surface area contributed by atoms with E-state index in [4.69, 9.17) is 9.47 Å². The van der Waals surface area contributed by atoms with Crippen molar-refractivity contribution in [2.75, 3.05) is 20.4 Å². The number of halogens is 1. The van der Waals surface area contributed by atoms with Crippen LogP contribution in [0, 0.1) is 0 Å². The van der Waals surface area contributed by atoms with Gasteiger partial charge in [0.15, 0.2) is 17.5 Å². The van der Waals surface area contributed by atoms with Crippen molar-refractivity contribution in [1.82, 2.24) is 10.6 Å². The van der Waals surface area contributed by atoms with Crippen molar-refractivity contribution in [2.24, 2.45) is 4.99 Å². The lowest BCUT2D eigenvalue weighted by molar-refractivity contribution is 0.173. The molecule has 1 heterocycles. The molecular weight excluding hydrogens is 370 g/mol. The highest BCUT2D eigenvalue weighted by atomic mass is 79.9. The second-order valence-electron chi connectivity index (χ2n) is 5.40. The summed E-state index contributed by atoms with van der Waals surface area (Å²) in [4.78, 5) is 4.26. The first-order valence-electron chi connectivity index (χ1n) is 7.82. The minimum atomic E-state index is 0.271. The number of aliphatic imine (C=N–C) groups is 1. The number of benzene rings is 2. The van der Waals surface area contributed by atoms with Crippen molar-refractivity contribution < 1.29 is 9.47 Å². The normalized spacial score (nSPS) is 13.0. The van der Waals surface area contributed by atoms with E-state index in [0.717, 1.165) is 40.5 Å². The third-order valence-corrected chi connectivity index (χ3v) is 4.31. The fourth-order valence-electron chi connectivity index (χ4n) is 2.50. The van der Waals surface area contributed by atoms with Gasteiger partial charge in [0.1, 0.15) is 0 Å². The molecule has 0 saturated carbocycles. The van der Waals surface area contributed by atoms with Crippen molar-refractivity contribution in [2.45, 2.75) is 13.0 Å². The number of nitrogens with zero attached hydrogens (tertiary/aromatic N) is 1. The van der Waals surface area contributed by atoms with Gasteiger partial charge in [-0.05, 0) is 45.6 Å². The van der Waals surface area contributed by atoms with Gasteiger partial charge in [-0.1, -0.05) is 30.3 Å². The summed E-state index contributed by atoms with van der Waals surface area (Å²) in [5.74, 6) is 2.32.